The van der Waals surface area contributed by atoms with Gasteiger partial charge < -0.3 is 4.52 Å². The molecule has 9 heteroatoms. The highest BCUT2D eigenvalue weighted by Gasteiger charge is 2.31. The first kappa shape index (κ1) is 19.7. The Hall–Kier alpha value is -2.65. The number of nitrogens with zero attached hydrogens (tertiary/aromatic N) is 5. The summed E-state index contributed by atoms with van der Waals surface area (Å²) < 4.78 is 33.0. The molecule has 8 nitrogen and oxygen atoms in total. The van der Waals surface area contributed by atoms with Gasteiger partial charge in [-0.2, -0.15) is 9.29 Å². The second-order valence-corrected chi connectivity index (χ2v) is 9.11. The molecule has 3 heterocycles. The van der Waals surface area contributed by atoms with Crippen molar-refractivity contribution in [2.24, 2.45) is 5.92 Å². The third-order valence-corrected chi connectivity index (χ3v) is 7.05. The first-order chi connectivity index (χ1) is 14.1. The number of benzene rings is 1. The van der Waals surface area contributed by atoms with Crippen LogP contribution in [0.15, 0.2) is 52.3 Å². The van der Waals surface area contributed by atoms with Gasteiger partial charge in [0.15, 0.2) is 0 Å². The summed E-state index contributed by atoms with van der Waals surface area (Å²) in [6.07, 6.45) is 7.87. The lowest BCUT2D eigenvalue weighted by molar-refractivity contribution is 0.247. The number of hydrogen-bond donors (Lipinski definition) is 0. The maximum atomic E-state index is 13.0. The molecule has 1 unspecified atom stereocenters. The Balaban J connectivity index is 1.45. The van der Waals surface area contributed by atoms with Crippen LogP contribution < -0.4 is 0 Å². The second-order valence-electron chi connectivity index (χ2n) is 7.18. The van der Waals surface area contributed by atoms with Crippen LogP contribution in [0.4, 0.5) is 0 Å². The van der Waals surface area contributed by atoms with Crippen LogP contribution in [0.5, 0.6) is 0 Å². The zero-order valence-electron chi connectivity index (χ0n) is 16.2. The summed E-state index contributed by atoms with van der Waals surface area (Å²) in [5, 5.41) is 3.96. The smallest absolute Gasteiger partial charge is 0.243 e. The van der Waals surface area contributed by atoms with E-state index in [0.29, 0.717) is 41.8 Å². The third kappa shape index (κ3) is 4.35. The maximum Gasteiger partial charge on any atom is 0.243 e. The zero-order valence-corrected chi connectivity index (χ0v) is 17.0. The van der Waals surface area contributed by atoms with Gasteiger partial charge in [0, 0.05) is 31.9 Å². The van der Waals surface area contributed by atoms with Crippen LogP contribution in [0.3, 0.4) is 0 Å². The number of sulfonamides is 1. The van der Waals surface area contributed by atoms with Crippen molar-refractivity contribution in [2.45, 2.75) is 37.5 Å². The molecule has 1 aliphatic heterocycles. The van der Waals surface area contributed by atoms with Crippen molar-refractivity contribution < 1.29 is 12.9 Å². The first-order valence-corrected chi connectivity index (χ1v) is 11.2. The summed E-state index contributed by atoms with van der Waals surface area (Å²) in [6.45, 7) is 3.02. The van der Waals surface area contributed by atoms with Gasteiger partial charge in [0.1, 0.15) is 5.69 Å². The third-order valence-electron chi connectivity index (χ3n) is 5.17. The Bertz CT molecular complexity index is 1050. The minimum atomic E-state index is -3.50. The van der Waals surface area contributed by atoms with Crippen molar-refractivity contribution in [1.82, 2.24) is 24.4 Å². The number of aromatic nitrogens is 4. The highest BCUT2D eigenvalue weighted by molar-refractivity contribution is 7.89. The van der Waals surface area contributed by atoms with Gasteiger partial charge in [-0.15, -0.1) is 0 Å². The summed E-state index contributed by atoms with van der Waals surface area (Å²) >= 11 is 0. The monoisotopic (exact) mass is 413 g/mol. The predicted molar refractivity (Wildman–Crippen MR) is 106 cm³/mol. The van der Waals surface area contributed by atoms with Crippen molar-refractivity contribution in [2.75, 3.05) is 13.1 Å². The topological polar surface area (TPSA) is 102 Å². The molecule has 29 heavy (non-hydrogen) atoms. The van der Waals surface area contributed by atoms with E-state index in [0.717, 1.165) is 24.8 Å². The molecule has 4 rings (SSSR count). The zero-order chi connectivity index (χ0) is 20.3. The Morgan fingerprint density at radius 1 is 1.21 bits per heavy atom. The Morgan fingerprint density at radius 2 is 2.03 bits per heavy atom. The van der Waals surface area contributed by atoms with Crippen molar-refractivity contribution in [3.8, 4) is 11.5 Å². The van der Waals surface area contributed by atoms with Crippen LogP contribution in [0, 0.1) is 5.92 Å². The highest BCUT2D eigenvalue weighted by atomic mass is 32.2. The van der Waals surface area contributed by atoms with Crippen molar-refractivity contribution >= 4 is 10.0 Å². The first-order valence-electron chi connectivity index (χ1n) is 9.74. The second kappa shape index (κ2) is 8.38. The van der Waals surface area contributed by atoms with Crippen molar-refractivity contribution in [1.29, 1.82) is 0 Å². The van der Waals surface area contributed by atoms with E-state index >= 15 is 0 Å². The van der Waals surface area contributed by atoms with Crippen LogP contribution >= 0.6 is 0 Å². The summed E-state index contributed by atoms with van der Waals surface area (Å²) in [5.41, 5.74) is 1.67. The number of piperidine rings is 1. The summed E-state index contributed by atoms with van der Waals surface area (Å²) in [7, 11) is -3.50. The number of hydrogen-bond acceptors (Lipinski definition) is 7. The summed E-state index contributed by atoms with van der Waals surface area (Å²) in [4.78, 5) is 12.9. The van der Waals surface area contributed by atoms with Gasteiger partial charge in [-0.1, -0.05) is 24.2 Å². The lowest BCUT2D eigenvalue weighted by atomic mass is 9.96. The van der Waals surface area contributed by atoms with Crippen LogP contribution in [0.1, 0.15) is 31.2 Å². The van der Waals surface area contributed by atoms with E-state index in [2.05, 4.69) is 20.1 Å². The SMILES string of the molecule is CCc1ccc(S(=O)(=O)N2CCCC(Cc3nc(-c4cnccn4)no3)C2)cc1. The molecule has 3 aromatic rings. The average molecular weight is 414 g/mol. The van der Waals surface area contributed by atoms with Crippen molar-refractivity contribution in [3.63, 3.8) is 0 Å². The Labute approximate surface area is 170 Å². The molecular formula is C20H23N5O3S. The molecular weight excluding hydrogens is 390 g/mol. The fraction of sp³-hybridized carbons (Fsp3) is 0.400. The molecule has 0 radical (unpaired) electrons. The molecule has 1 fully saturated rings. The molecule has 0 spiro atoms. The Morgan fingerprint density at radius 3 is 2.76 bits per heavy atom. The summed E-state index contributed by atoms with van der Waals surface area (Å²) in [5.74, 6) is 1.01. The molecule has 0 bridgehead atoms. The van der Waals surface area contributed by atoms with Crippen LogP contribution in [-0.4, -0.2) is 45.9 Å². The molecule has 0 aliphatic carbocycles. The predicted octanol–water partition coefficient (Wildman–Crippen LogP) is 2.73. The van der Waals surface area contributed by atoms with E-state index < -0.39 is 10.0 Å². The number of aryl methyl sites for hydroxylation is 1. The van der Waals surface area contributed by atoms with Gasteiger partial charge in [0.2, 0.25) is 21.7 Å². The molecule has 1 aliphatic rings. The van der Waals surface area contributed by atoms with E-state index in [4.69, 9.17) is 4.52 Å². The van der Waals surface area contributed by atoms with Gasteiger partial charge >= 0.3 is 0 Å². The fourth-order valence-corrected chi connectivity index (χ4v) is 5.12. The standard InChI is InChI=1S/C20H23N5O3S/c1-2-15-5-7-17(8-6-15)29(26,27)25-11-3-4-16(14-25)12-19-23-20(24-28-19)18-13-21-9-10-22-18/h5-10,13,16H,2-4,11-12,14H2,1H3. The molecule has 152 valence electrons. The van der Waals surface area contributed by atoms with E-state index in [1.165, 1.54) is 0 Å². The molecule has 2 aromatic heterocycles. The maximum absolute atomic E-state index is 13.0. The summed E-state index contributed by atoms with van der Waals surface area (Å²) in [6, 6.07) is 7.15. The van der Waals surface area contributed by atoms with E-state index in [1.807, 2.05) is 19.1 Å². The van der Waals surface area contributed by atoms with Gasteiger partial charge in [-0.05, 0) is 42.9 Å². The minimum Gasteiger partial charge on any atom is -0.339 e. The molecule has 1 atom stereocenters. The quantitative estimate of drug-likeness (QED) is 0.612. The van der Waals surface area contributed by atoms with Gasteiger partial charge in [0.25, 0.3) is 0 Å². The van der Waals surface area contributed by atoms with Crippen LogP contribution in [0.25, 0.3) is 11.5 Å². The van der Waals surface area contributed by atoms with E-state index in [1.54, 1.807) is 35.0 Å². The largest absolute Gasteiger partial charge is 0.339 e. The van der Waals surface area contributed by atoms with Gasteiger partial charge in [0.05, 0.1) is 11.1 Å². The van der Waals surface area contributed by atoms with Crippen LogP contribution in [-0.2, 0) is 22.9 Å². The molecule has 1 saturated heterocycles. The normalized spacial score (nSPS) is 18.0. The molecule has 1 aromatic carbocycles. The Kier molecular flexibility index (Phi) is 5.68. The number of rotatable bonds is 6. The van der Waals surface area contributed by atoms with Gasteiger partial charge in [-0.25, -0.2) is 13.4 Å². The van der Waals surface area contributed by atoms with Crippen LogP contribution in [0.2, 0.25) is 0 Å². The highest BCUT2D eigenvalue weighted by Crippen LogP contribution is 2.26. The van der Waals surface area contributed by atoms with E-state index in [9.17, 15) is 8.42 Å². The molecule has 0 saturated carbocycles. The minimum absolute atomic E-state index is 0.128. The van der Waals surface area contributed by atoms with Crippen molar-refractivity contribution in [3.05, 3.63) is 54.3 Å². The molecule has 0 N–H and O–H groups in total. The van der Waals surface area contributed by atoms with E-state index in [-0.39, 0.29) is 5.92 Å². The average Bonchev–Trinajstić information content (AvgIpc) is 3.23. The lowest BCUT2D eigenvalue weighted by Gasteiger charge is -2.31. The lowest BCUT2D eigenvalue weighted by Crippen LogP contribution is -2.40. The fourth-order valence-electron chi connectivity index (χ4n) is 3.56. The van der Waals surface area contributed by atoms with Gasteiger partial charge in [-0.3, -0.25) is 4.98 Å². The molecule has 0 amide bonds.